The van der Waals surface area contributed by atoms with E-state index in [4.69, 9.17) is 5.73 Å². The van der Waals surface area contributed by atoms with Crippen molar-refractivity contribution in [2.24, 2.45) is 11.7 Å². The molecule has 1 fully saturated rings. The molecule has 3 N–H and O–H groups in total. The van der Waals surface area contributed by atoms with Gasteiger partial charge >= 0.3 is 0 Å². The Balaban J connectivity index is 1.47. The number of anilines is 1. The molecule has 1 unspecified atom stereocenters. The number of primary amides is 1. The zero-order chi connectivity index (χ0) is 19.3. The standard InChI is InChI=1S/C18H19N9O/c1-10-8-26-9-13(4-5-15(26)21-10)27-17-14(24-25-27)7-20-18(23-17)22-12-3-2-11(6-12)16(19)28/h4-5,7-9,11-12H,2-3,6H2,1H3,(H2,19,28)(H,20,22,23)/t11-,12?/m1/s1. The first kappa shape index (κ1) is 16.6. The molecule has 0 bridgehead atoms. The van der Waals surface area contributed by atoms with Gasteiger partial charge in [0.15, 0.2) is 11.2 Å². The van der Waals surface area contributed by atoms with Crippen LogP contribution in [0.1, 0.15) is 25.0 Å². The maximum absolute atomic E-state index is 11.4. The van der Waals surface area contributed by atoms with E-state index in [1.165, 1.54) is 0 Å². The minimum absolute atomic E-state index is 0.0845. The van der Waals surface area contributed by atoms with Crippen molar-refractivity contribution in [3.05, 3.63) is 36.4 Å². The summed E-state index contributed by atoms with van der Waals surface area (Å²) in [6.45, 7) is 1.95. The number of aryl methyl sites for hydroxylation is 1. The van der Waals surface area contributed by atoms with Crippen LogP contribution in [-0.2, 0) is 4.79 Å². The number of nitrogens with one attached hydrogen (secondary N) is 1. The van der Waals surface area contributed by atoms with Crippen LogP contribution in [0.2, 0.25) is 0 Å². The van der Waals surface area contributed by atoms with Crippen molar-refractivity contribution in [3.63, 3.8) is 0 Å². The molecule has 2 atom stereocenters. The van der Waals surface area contributed by atoms with E-state index in [1.54, 1.807) is 10.9 Å². The highest BCUT2D eigenvalue weighted by molar-refractivity contribution is 5.77. The molecule has 4 aromatic rings. The SMILES string of the molecule is Cc1cn2cc(-n3nnc4cnc(NC5CC[C@@H](C(N)=O)C5)nc43)ccc2n1. The number of carbonyl (C=O) groups is 1. The van der Waals surface area contributed by atoms with Crippen molar-refractivity contribution in [1.82, 2.24) is 34.3 Å². The summed E-state index contributed by atoms with van der Waals surface area (Å²) in [5, 5.41) is 11.7. The molecule has 0 aromatic carbocycles. The van der Waals surface area contributed by atoms with Gasteiger partial charge in [0.05, 0.1) is 17.6 Å². The number of amides is 1. The van der Waals surface area contributed by atoms with E-state index < -0.39 is 0 Å². The lowest BCUT2D eigenvalue weighted by Crippen LogP contribution is -2.23. The molecule has 1 aliphatic carbocycles. The first-order valence-corrected chi connectivity index (χ1v) is 9.17. The van der Waals surface area contributed by atoms with Crippen LogP contribution in [0, 0.1) is 12.8 Å². The van der Waals surface area contributed by atoms with Gasteiger partial charge in [-0.2, -0.15) is 9.67 Å². The summed E-state index contributed by atoms with van der Waals surface area (Å²) in [4.78, 5) is 24.7. The summed E-state index contributed by atoms with van der Waals surface area (Å²) in [5.74, 6) is 0.164. The van der Waals surface area contributed by atoms with Crippen molar-refractivity contribution in [1.29, 1.82) is 0 Å². The fraction of sp³-hybridized carbons (Fsp3) is 0.333. The monoisotopic (exact) mass is 377 g/mol. The molecule has 28 heavy (non-hydrogen) atoms. The summed E-state index contributed by atoms with van der Waals surface area (Å²) in [5.41, 5.74) is 9.27. The second-order valence-corrected chi connectivity index (χ2v) is 7.19. The molecular formula is C18H19N9O. The molecule has 5 rings (SSSR count). The Morgan fingerprint density at radius 1 is 1.25 bits per heavy atom. The topological polar surface area (TPSA) is 129 Å². The predicted molar refractivity (Wildman–Crippen MR) is 102 cm³/mol. The summed E-state index contributed by atoms with van der Waals surface area (Å²) in [7, 11) is 0. The van der Waals surface area contributed by atoms with Crippen molar-refractivity contribution < 1.29 is 4.79 Å². The maximum Gasteiger partial charge on any atom is 0.225 e. The van der Waals surface area contributed by atoms with E-state index in [2.05, 4.69) is 30.6 Å². The average Bonchev–Trinajstić information content (AvgIpc) is 3.38. The summed E-state index contributed by atoms with van der Waals surface area (Å²) in [6, 6.07) is 3.99. The molecule has 1 aliphatic rings. The Morgan fingerprint density at radius 3 is 2.96 bits per heavy atom. The average molecular weight is 377 g/mol. The van der Waals surface area contributed by atoms with Crippen molar-refractivity contribution in [3.8, 4) is 5.69 Å². The van der Waals surface area contributed by atoms with Gasteiger partial charge in [-0.3, -0.25) is 4.79 Å². The van der Waals surface area contributed by atoms with E-state index in [9.17, 15) is 4.79 Å². The highest BCUT2D eigenvalue weighted by Gasteiger charge is 2.28. The van der Waals surface area contributed by atoms with Gasteiger partial charge in [-0.15, -0.1) is 5.10 Å². The van der Waals surface area contributed by atoms with Crippen molar-refractivity contribution in [2.45, 2.75) is 32.2 Å². The molecule has 142 valence electrons. The third-order valence-corrected chi connectivity index (χ3v) is 5.16. The molecule has 0 radical (unpaired) electrons. The molecule has 10 nitrogen and oxygen atoms in total. The van der Waals surface area contributed by atoms with Crippen LogP contribution in [0.25, 0.3) is 22.5 Å². The van der Waals surface area contributed by atoms with Crippen LogP contribution in [-0.4, -0.2) is 46.3 Å². The molecular weight excluding hydrogens is 358 g/mol. The number of aromatic nitrogens is 7. The van der Waals surface area contributed by atoms with Crippen LogP contribution >= 0.6 is 0 Å². The van der Waals surface area contributed by atoms with Crippen LogP contribution in [0.5, 0.6) is 0 Å². The van der Waals surface area contributed by atoms with Crippen LogP contribution in [0.15, 0.2) is 30.7 Å². The summed E-state index contributed by atoms with van der Waals surface area (Å²) < 4.78 is 3.62. The zero-order valence-corrected chi connectivity index (χ0v) is 15.3. The van der Waals surface area contributed by atoms with E-state index in [-0.39, 0.29) is 17.9 Å². The van der Waals surface area contributed by atoms with Crippen LogP contribution < -0.4 is 11.1 Å². The number of pyridine rings is 1. The van der Waals surface area contributed by atoms with Crippen molar-refractivity contribution >= 4 is 28.7 Å². The van der Waals surface area contributed by atoms with Crippen LogP contribution in [0.3, 0.4) is 0 Å². The number of rotatable bonds is 4. The quantitative estimate of drug-likeness (QED) is 0.547. The fourth-order valence-corrected chi connectivity index (χ4v) is 3.76. The Bertz CT molecular complexity index is 1190. The number of hydrogen-bond donors (Lipinski definition) is 2. The number of nitrogens with zero attached hydrogens (tertiary/aromatic N) is 7. The molecule has 1 saturated carbocycles. The van der Waals surface area contributed by atoms with Gasteiger partial charge in [0.1, 0.15) is 5.65 Å². The number of carbonyl (C=O) groups excluding carboxylic acids is 1. The largest absolute Gasteiger partial charge is 0.369 e. The second-order valence-electron chi connectivity index (χ2n) is 7.19. The summed E-state index contributed by atoms with van der Waals surface area (Å²) >= 11 is 0. The zero-order valence-electron chi connectivity index (χ0n) is 15.3. The van der Waals surface area contributed by atoms with Gasteiger partial charge in [0, 0.05) is 24.4 Å². The Kier molecular flexibility index (Phi) is 3.71. The van der Waals surface area contributed by atoms with Crippen LogP contribution in [0.4, 0.5) is 5.95 Å². The minimum atomic E-state index is -0.243. The Morgan fingerprint density at radius 2 is 2.14 bits per heavy atom. The molecule has 0 saturated heterocycles. The normalized spacial score (nSPS) is 19.5. The highest BCUT2D eigenvalue weighted by atomic mass is 16.1. The van der Waals surface area contributed by atoms with Gasteiger partial charge in [0.2, 0.25) is 11.9 Å². The van der Waals surface area contributed by atoms with E-state index in [1.807, 2.05) is 35.9 Å². The van der Waals surface area contributed by atoms with E-state index in [0.717, 1.165) is 29.9 Å². The summed E-state index contributed by atoms with van der Waals surface area (Å²) in [6.07, 6.45) is 7.89. The molecule has 4 aromatic heterocycles. The molecule has 1 amide bonds. The third kappa shape index (κ3) is 2.82. The first-order chi connectivity index (χ1) is 13.6. The van der Waals surface area contributed by atoms with Gasteiger partial charge < -0.3 is 15.5 Å². The smallest absolute Gasteiger partial charge is 0.225 e. The van der Waals surface area contributed by atoms with Gasteiger partial charge in [0.25, 0.3) is 0 Å². The van der Waals surface area contributed by atoms with Gasteiger partial charge in [-0.05, 0) is 38.3 Å². The maximum atomic E-state index is 11.4. The predicted octanol–water partition coefficient (Wildman–Crippen LogP) is 1.23. The number of hydrogen-bond acceptors (Lipinski definition) is 7. The number of nitrogens with two attached hydrogens (primary N) is 1. The lowest BCUT2D eigenvalue weighted by molar-refractivity contribution is -0.121. The van der Waals surface area contributed by atoms with E-state index >= 15 is 0 Å². The number of imidazole rings is 1. The molecule has 0 aliphatic heterocycles. The molecule has 10 heteroatoms. The van der Waals surface area contributed by atoms with E-state index in [0.29, 0.717) is 23.5 Å². The Labute approximate surface area is 159 Å². The Hall–Kier alpha value is -3.56. The third-order valence-electron chi connectivity index (χ3n) is 5.16. The first-order valence-electron chi connectivity index (χ1n) is 9.17. The lowest BCUT2D eigenvalue weighted by atomic mass is 10.1. The minimum Gasteiger partial charge on any atom is -0.369 e. The molecule has 0 spiro atoms. The number of fused-ring (bicyclic) bond motifs is 2. The van der Waals surface area contributed by atoms with Gasteiger partial charge in [-0.1, -0.05) is 5.21 Å². The lowest BCUT2D eigenvalue weighted by Gasteiger charge is -2.12. The highest BCUT2D eigenvalue weighted by Crippen LogP contribution is 2.27. The fourth-order valence-electron chi connectivity index (χ4n) is 3.76. The second kappa shape index (κ2) is 6.25. The molecule has 4 heterocycles. The van der Waals surface area contributed by atoms with Crippen molar-refractivity contribution in [2.75, 3.05) is 5.32 Å². The van der Waals surface area contributed by atoms with Gasteiger partial charge in [-0.25, -0.2) is 9.97 Å².